The Kier molecular flexibility index (Phi) is 7.75. The van der Waals surface area contributed by atoms with Gasteiger partial charge in [0.05, 0.1) is 27.8 Å². The second kappa shape index (κ2) is 10.9. The number of hydrogen-bond acceptors (Lipinski definition) is 7. The Bertz CT molecular complexity index is 1030. The van der Waals surface area contributed by atoms with E-state index in [9.17, 15) is 9.59 Å². The predicted molar refractivity (Wildman–Crippen MR) is 118 cm³/mol. The quantitative estimate of drug-likeness (QED) is 0.475. The van der Waals surface area contributed by atoms with Crippen LogP contribution in [-0.2, 0) is 20.7 Å². The number of aryl methyl sites for hydroxylation is 1. The summed E-state index contributed by atoms with van der Waals surface area (Å²) in [6.07, 6.45) is 0.472. The fraction of sp³-hybridized carbons (Fsp3) is 0.250. The van der Waals surface area contributed by atoms with Crippen LogP contribution in [0, 0.1) is 0 Å². The standard InChI is InChI=1S/C24H25NO7/c1-28-20-13-17(14-21(29-2)24(20)30-3)25-22(26)15-31-23(27)12-10-18-9-11-19(32-18)16-7-5-4-6-8-16/h4-9,11,13-14H,10,12,15H2,1-3H3,(H,25,26). The van der Waals surface area contributed by atoms with Gasteiger partial charge in [-0.05, 0) is 12.1 Å². The number of methoxy groups -OCH3 is 3. The van der Waals surface area contributed by atoms with Crippen LogP contribution in [0.15, 0.2) is 59.0 Å². The number of amides is 1. The van der Waals surface area contributed by atoms with E-state index in [1.807, 2.05) is 42.5 Å². The first-order valence-electron chi connectivity index (χ1n) is 9.93. The van der Waals surface area contributed by atoms with Crippen molar-refractivity contribution in [1.29, 1.82) is 0 Å². The highest BCUT2D eigenvalue weighted by Crippen LogP contribution is 2.39. The number of benzene rings is 2. The molecule has 0 saturated carbocycles. The summed E-state index contributed by atoms with van der Waals surface area (Å²) in [5, 5.41) is 2.64. The van der Waals surface area contributed by atoms with Gasteiger partial charge < -0.3 is 28.7 Å². The van der Waals surface area contributed by atoms with Crippen LogP contribution in [0.3, 0.4) is 0 Å². The molecular weight excluding hydrogens is 414 g/mol. The second-order valence-corrected chi connectivity index (χ2v) is 6.75. The molecule has 0 unspecified atom stereocenters. The third kappa shape index (κ3) is 5.81. The molecular formula is C24H25NO7. The number of anilines is 1. The van der Waals surface area contributed by atoms with Crippen molar-refractivity contribution in [2.24, 2.45) is 0 Å². The smallest absolute Gasteiger partial charge is 0.306 e. The Morgan fingerprint density at radius 2 is 1.59 bits per heavy atom. The number of carbonyl (C=O) groups excluding carboxylic acids is 2. The lowest BCUT2D eigenvalue weighted by molar-refractivity contribution is -0.147. The van der Waals surface area contributed by atoms with Crippen LogP contribution in [0.4, 0.5) is 5.69 Å². The van der Waals surface area contributed by atoms with E-state index in [-0.39, 0.29) is 6.42 Å². The molecule has 2 aromatic carbocycles. The topological polar surface area (TPSA) is 96.2 Å². The largest absolute Gasteiger partial charge is 0.493 e. The lowest BCUT2D eigenvalue weighted by Crippen LogP contribution is -2.21. The summed E-state index contributed by atoms with van der Waals surface area (Å²) in [6.45, 7) is -0.414. The maximum atomic E-state index is 12.2. The van der Waals surface area contributed by atoms with E-state index in [1.165, 1.54) is 21.3 Å². The van der Waals surface area contributed by atoms with Gasteiger partial charge in [-0.1, -0.05) is 30.3 Å². The zero-order valence-corrected chi connectivity index (χ0v) is 18.2. The minimum atomic E-state index is -0.497. The predicted octanol–water partition coefficient (Wildman–Crippen LogP) is 4.09. The van der Waals surface area contributed by atoms with Gasteiger partial charge in [0.25, 0.3) is 5.91 Å². The number of furan rings is 1. The minimum Gasteiger partial charge on any atom is -0.493 e. The molecule has 1 N–H and O–H groups in total. The maximum absolute atomic E-state index is 12.2. The summed E-state index contributed by atoms with van der Waals surface area (Å²) >= 11 is 0. The summed E-state index contributed by atoms with van der Waals surface area (Å²) < 4.78 is 26.6. The Morgan fingerprint density at radius 3 is 2.22 bits per heavy atom. The highest BCUT2D eigenvalue weighted by atomic mass is 16.5. The van der Waals surface area contributed by atoms with Gasteiger partial charge in [0.2, 0.25) is 5.75 Å². The summed E-state index contributed by atoms with van der Waals surface area (Å²) in [6, 6.07) is 16.5. The highest BCUT2D eigenvalue weighted by Gasteiger charge is 2.15. The Balaban J connectivity index is 1.48. The summed E-state index contributed by atoms with van der Waals surface area (Å²) in [4.78, 5) is 24.2. The number of ether oxygens (including phenoxy) is 4. The van der Waals surface area contributed by atoms with E-state index < -0.39 is 18.5 Å². The van der Waals surface area contributed by atoms with Crippen LogP contribution in [0.1, 0.15) is 12.2 Å². The summed E-state index contributed by atoms with van der Waals surface area (Å²) in [5.74, 6) is 1.62. The van der Waals surface area contributed by atoms with E-state index in [1.54, 1.807) is 12.1 Å². The first-order chi connectivity index (χ1) is 15.5. The zero-order chi connectivity index (χ0) is 22.9. The molecule has 8 heteroatoms. The molecule has 0 aliphatic heterocycles. The van der Waals surface area contributed by atoms with Crippen LogP contribution < -0.4 is 19.5 Å². The van der Waals surface area contributed by atoms with Crippen molar-refractivity contribution in [3.05, 3.63) is 60.4 Å². The molecule has 8 nitrogen and oxygen atoms in total. The first-order valence-corrected chi connectivity index (χ1v) is 9.93. The van der Waals surface area contributed by atoms with E-state index in [0.717, 1.165) is 11.3 Å². The third-order valence-electron chi connectivity index (χ3n) is 4.61. The molecule has 0 atom stereocenters. The molecule has 0 bridgehead atoms. The van der Waals surface area contributed by atoms with Gasteiger partial charge >= 0.3 is 5.97 Å². The van der Waals surface area contributed by atoms with Crippen LogP contribution in [0.2, 0.25) is 0 Å². The van der Waals surface area contributed by atoms with Crippen molar-refractivity contribution in [3.63, 3.8) is 0 Å². The van der Waals surface area contributed by atoms with Gasteiger partial charge in [0, 0.05) is 29.8 Å². The van der Waals surface area contributed by atoms with Gasteiger partial charge in [-0.15, -0.1) is 0 Å². The van der Waals surface area contributed by atoms with Gasteiger partial charge in [-0.2, -0.15) is 0 Å². The maximum Gasteiger partial charge on any atom is 0.306 e. The van der Waals surface area contributed by atoms with Crippen LogP contribution in [0.25, 0.3) is 11.3 Å². The number of carbonyl (C=O) groups is 2. The number of hydrogen-bond donors (Lipinski definition) is 1. The summed E-state index contributed by atoms with van der Waals surface area (Å²) in [7, 11) is 4.45. The molecule has 168 valence electrons. The summed E-state index contributed by atoms with van der Waals surface area (Å²) in [5.41, 5.74) is 1.38. The number of rotatable bonds is 10. The average Bonchev–Trinajstić information content (AvgIpc) is 3.30. The van der Waals surface area contributed by atoms with E-state index >= 15 is 0 Å². The van der Waals surface area contributed by atoms with Gasteiger partial charge in [-0.3, -0.25) is 9.59 Å². The monoisotopic (exact) mass is 439 g/mol. The van der Waals surface area contributed by atoms with E-state index in [2.05, 4.69) is 5.32 Å². The Morgan fingerprint density at radius 1 is 0.906 bits per heavy atom. The molecule has 3 rings (SSSR count). The Hall–Kier alpha value is -3.94. The van der Waals surface area contributed by atoms with Gasteiger partial charge in [0.1, 0.15) is 11.5 Å². The fourth-order valence-corrected chi connectivity index (χ4v) is 3.06. The molecule has 0 radical (unpaired) electrons. The number of nitrogens with one attached hydrogen (secondary N) is 1. The van der Waals surface area contributed by atoms with Crippen molar-refractivity contribution in [2.45, 2.75) is 12.8 Å². The molecule has 0 saturated heterocycles. The minimum absolute atomic E-state index is 0.0964. The van der Waals surface area contributed by atoms with E-state index in [4.69, 9.17) is 23.4 Å². The van der Waals surface area contributed by atoms with Crippen LogP contribution in [-0.4, -0.2) is 39.8 Å². The average molecular weight is 439 g/mol. The lowest BCUT2D eigenvalue weighted by atomic mass is 10.2. The molecule has 1 amide bonds. The van der Waals surface area contributed by atoms with Crippen molar-refractivity contribution in [1.82, 2.24) is 0 Å². The lowest BCUT2D eigenvalue weighted by Gasteiger charge is -2.14. The molecule has 0 spiro atoms. The molecule has 0 fully saturated rings. The number of esters is 1. The second-order valence-electron chi connectivity index (χ2n) is 6.75. The Labute approximate surface area is 186 Å². The zero-order valence-electron chi connectivity index (χ0n) is 18.2. The van der Waals surface area contributed by atoms with Crippen molar-refractivity contribution in [3.8, 4) is 28.6 Å². The molecule has 1 heterocycles. The molecule has 3 aromatic rings. The molecule has 0 aliphatic carbocycles. The normalized spacial score (nSPS) is 10.3. The van der Waals surface area contributed by atoms with Crippen LogP contribution >= 0.6 is 0 Å². The molecule has 32 heavy (non-hydrogen) atoms. The van der Waals surface area contributed by atoms with Crippen molar-refractivity contribution >= 4 is 17.6 Å². The third-order valence-corrected chi connectivity index (χ3v) is 4.61. The van der Waals surface area contributed by atoms with Crippen LogP contribution in [0.5, 0.6) is 17.2 Å². The van der Waals surface area contributed by atoms with E-state index in [0.29, 0.717) is 35.1 Å². The highest BCUT2D eigenvalue weighted by molar-refractivity contribution is 5.93. The van der Waals surface area contributed by atoms with Gasteiger partial charge in [-0.25, -0.2) is 0 Å². The first kappa shape index (κ1) is 22.7. The van der Waals surface area contributed by atoms with Crippen molar-refractivity contribution in [2.75, 3.05) is 33.3 Å². The fourth-order valence-electron chi connectivity index (χ4n) is 3.06. The van der Waals surface area contributed by atoms with Gasteiger partial charge in [0.15, 0.2) is 18.1 Å². The van der Waals surface area contributed by atoms with Crippen molar-refractivity contribution < 1.29 is 33.0 Å². The molecule has 1 aromatic heterocycles. The SMILES string of the molecule is COc1cc(NC(=O)COC(=O)CCc2ccc(-c3ccccc3)o2)cc(OC)c1OC. The molecule has 0 aliphatic rings.